The molecule has 0 bridgehead atoms. The van der Waals surface area contributed by atoms with E-state index >= 15 is 0 Å². The molecule has 5 N–H and O–H groups in total. The highest BCUT2D eigenvalue weighted by atomic mass is 16.5. The topological polar surface area (TPSA) is 129 Å². The number of phenolic OH excluding ortho intramolecular Hbond substituents is 1. The van der Waals surface area contributed by atoms with Crippen molar-refractivity contribution in [2.24, 2.45) is 0 Å². The van der Waals surface area contributed by atoms with Crippen molar-refractivity contribution < 1.29 is 39.7 Å². The van der Waals surface area contributed by atoms with Crippen LogP contribution in [-0.4, -0.2) is 59.1 Å². The number of aliphatic hydroxyl groups excluding tert-OH is 4. The molecule has 0 saturated heterocycles. The second-order valence-electron chi connectivity index (χ2n) is 6.60. The number of methoxy groups -OCH3 is 2. The fourth-order valence-corrected chi connectivity index (χ4v) is 3.43. The molecule has 152 valence electrons. The summed E-state index contributed by atoms with van der Waals surface area (Å²) in [7, 11) is 2.89. The zero-order chi connectivity index (χ0) is 20.4. The van der Waals surface area contributed by atoms with Crippen molar-refractivity contribution in [2.75, 3.05) is 27.4 Å². The van der Waals surface area contributed by atoms with Gasteiger partial charge in [-0.2, -0.15) is 0 Å². The number of benzene rings is 2. The number of rotatable bonds is 7. The number of hydrogen-bond acceptors (Lipinski definition) is 8. The monoisotopic (exact) mass is 392 g/mol. The van der Waals surface area contributed by atoms with Gasteiger partial charge in [0.05, 0.1) is 33.4 Å². The van der Waals surface area contributed by atoms with Gasteiger partial charge in [-0.05, 0) is 35.4 Å². The molecule has 0 amide bonds. The fourth-order valence-electron chi connectivity index (χ4n) is 3.43. The lowest BCUT2D eigenvalue weighted by molar-refractivity contribution is -0.0153. The van der Waals surface area contributed by atoms with E-state index in [1.165, 1.54) is 26.4 Å². The third-order valence-electron chi connectivity index (χ3n) is 4.96. The third-order valence-corrected chi connectivity index (χ3v) is 4.96. The van der Waals surface area contributed by atoms with Gasteiger partial charge in [0.25, 0.3) is 0 Å². The van der Waals surface area contributed by atoms with Crippen LogP contribution in [0, 0.1) is 0 Å². The average Bonchev–Trinajstić information content (AvgIpc) is 3.10. The second kappa shape index (κ2) is 8.24. The molecule has 4 atom stereocenters. The maximum absolute atomic E-state index is 10.3. The van der Waals surface area contributed by atoms with Gasteiger partial charge in [-0.3, -0.25) is 0 Å². The van der Waals surface area contributed by atoms with Gasteiger partial charge in [0.15, 0.2) is 23.0 Å². The number of ether oxygens (including phenoxy) is 3. The number of hydrogen-bond donors (Lipinski definition) is 5. The molecule has 2 aromatic rings. The molecule has 28 heavy (non-hydrogen) atoms. The Balaban J connectivity index is 2.04. The first-order valence-electron chi connectivity index (χ1n) is 8.78. The molecule has 8 heteroatoms. The lowest BCUT2D eigenvalue weighted by Gasteiger charge is -2.19. The van der Waals surface area contributed by atoms with Gasteiger partial charge in [-0.1, -0.05) is 6.07 Å². The van der Waals surface area contributed by atoms with Crippen molar-refractivity contribution in [1.82, 2.24) is 0 Å². The first-order valence-corrected chi connectivity index (χ1v) is 8.78. The van der Waals surface area contributed by atoms with Gasteiger partial charge in [0, 0.05) is 5.56 Å². The van der Waals surface area contributed by atoms with E-state index < -0.39 is 30.8 Å². The summed E-state index contributed by atoms with van der Waals surface area (Å²) in [4.78, 5) is 0. The Kier molecular flexibility index (Phi) is 5.95. The standard InChI is InChI=1S/C20H24O8/c1-26-16-6-10(3-4-14(16)23)19-13(8-21)12-5-11(18(25)15(24)9-22)7-17(27-2)20(12)28-19/h3-7,13,15,18-19,21-25H,8-9H2,1-2H3/t13-,15-,18+,19+/m1/s1. The first kappa shape index (κ1) is 20.2. The molecule has 1 heterocycles. The Labute approximate surface area is 162 Å². The van der Waals surface area contributed by atoms with Gasteiger partial charge < -0.3 is 39.7 Å². The lowest BCUT2D eigenvalue weighted by Crippen LogP contribution is -2.22. The van der Waals surface area contributed by atoms with Crippen molar-refractivity contribution in [3.8, 4) is 23.0 Å². The highest BCUT2D eigenvalue weighted by molar-refractivity contribution is 5.56. The van der Waals surface area contributed by atoms with Crippen LogP contribution in [-0.2, 0) is 0 Å². The minimum absolute atomic E-state index is 0.0108. The van der Waals surface area contributed by atoms with E-state index in [1.54, 1.807) is 18.2 Å². The van der Waals surface area contributed by atoms with Crippen LogP contribution in [0.4, 0.5) is 0 Å². The van der Waals surface area contributed by atoms with Gasteiger partial charge in [0.2, 0.25) is 0 Å². The smallest absolute Gasteiger partial charge is 0.165 e. The lowest BCUT2D eigenvalue weighted by atomic mass is 9.89. The first-order chi connectivity index (χ1) is 13.4. The highest BCUT2D eigenvalue weighted by Crippen LogP contribution is 2.52. The van der Waals surface area contributed by atoms with Crippen molar-refractivity contribution in [1.29, 1.82) is 0 Å². The Bertz CT molecular complexity index is 837. The van der Waals surface area contributed by atoms with E-state index in [9.17, 15) is 20.4 Å². The van der Waals surface area contributed by atoms with Crippen LogP contribution in [0.2, 0.25) is 0 Å². The Morgan fingerprint density at radius 3 is 2.36 bits per heavy atom. The molecule has 1 aliphatic rings. The zero-order valence-electron chi connectivity index (χ0n) is 15.6. The van der Waals surface area contributed by atoms with Crippen molar-refractivity contribution >= 4 is 0 Å². The normalized spacial score (nSPS) is 20.2. The Hall–Kier alpha value is -2.52. The summed E-state index contributed by atoms with van der Waals surface area (Å²) in [6.45, 7) is -0.845. The minimum atomic E-state index is -1.35. The minimum Gasteiger partial charge on any atom is -0.504 e. The van der Waals surface area contributed by atoms with Crippen LogP contribution in [0.3, 0.4) is 0 Å². The summed E-state index contributed by atoms with van der Waals surface area (Å²) in [5, 5.41) is 49.0. The molecule has 0 unspecified atom stereocenters. The predicted molar refractivity (Wildman–Crippen MR) is 98.9 cm³/mol. The molecule has 0 fully saturated rings. The SMILES string of the molecule is COc1cc([C@@H]2Oc3c(OC)cc([C@H](O)[C@H](O)CO)cc3[C@H]2CO)ccc1O. The van der Waals surface area contributed by atoms with E-state index in [4.69, 9.17) is 19.3 Å². The molecule has 3 rings (SSSR count). The molecule has 2 aromatic carbocycles. The Morgan fingerprint density at radius 1 is 1.04 bits per heavy atom. The molecule has 0 saturated carbocycles. The van der Waals surface area contributed by atoms with Gasteiger partial charge >= 0.3 is 0 Å². The highest BCUT2D eigenvalue weighted by Gasteiger charge is 2.38. The van der Waals surface area contributed by atoms with E-state index in [2.05, 4.69) is 0 Å². The average molecular weight is 392 g/mol. The summed E-state index contributed by atoms with van der Waals surface area (Å²) < 4.78 is 16.6. The molecular formula is C20H24O8. The maximum Gasteiger partial charge on any atom is 0.165 e. The summed E-state index contributed by atoms with van der Waals surface area (Å²) in [6, 6.07) is 7.94. The molecule has 1 aliphatic heterocycles. The molecule has 8 nitrogen and oxygen atoms in total. The van der Waals surface area contributed by atoms with E-state index in [0.717, 1.165) is 0 Å². The van der Waals surface area contributed by atoms with Crippen LogP contribution >= 0.6 is 0 Å². The molecule has 0 radical (unpaired) electrons. The van der Waals surface area contributed by atoms with Crippen molar-refractivity contribution in [3.05, 3.63) is 47.0 Å². The van der Waals surface area contributed by atoms with Gasteiger partial charge in [-0.15, -0.1) is 0 Å². The quantitative estimate of drug-likeness (QED) is 0.472. The van der Waals surface area contributed by atoms with Crippen LogP contribution in [0.15, 0.2) is 30.3 Å². The summed E-state index contributed by atoms with van der Waals surface area (Å²) in [6.07, 6.45) is -3.25. The molecular weight excluding hydrogens is 368 g/mol. The van der Waals surface area contributed by atoms with Crippen LogP contribution in [0.5, 0.6) is 23.0 Å². The largest absolute Gasteiger partial charge is 0.504 e. The van der Waals surface area contributed by atoms with Crippen molar-refractivity contribution in [3.63, 3.8) is 0 Å². The number of phenols is 1. The zero-order valence-corrected chi connectivity index (χ0v) is 15.6. The number of aliphatic hydroxyl groups is 4. The molecule has 0 aliphatic carbocycles. The Morgan fingerprint density at radius 2 is 1.75 bits per heavy atom. The summed E-state index contributed by atoms with van der Waals surface area (Å²) in [5.74, 6) is 0.555. The number of fused-ring (bicyclic) bond motifs is 1. The molecule has 0 aromatic heterocycles. The van der Waals surface area contributed by atoms with Crippen molar-refractivity contribution in [2.45, 2.75) is 24.2 Å². The predicted octanol–water partition coefficient (Wildman–Crippen LogP) is 1.01. The van der Waals surface area contributed by atoms with Crippen LogP contribution < -0.4 is 14.2 Å². The molecule has 0 spiro atoms. The summed E-state index contributed by atoms with van der Waals surface area (Å²) in [5.41, 5.74) is 1.63. The van der Waals surface area contributed by atoms with E-state index in [1.807, 2.05) is 0 Å². The fraction of sp³-hybridized carbons (Fsp3) is 0.400. The van der Waals surface area contributed by atoms with E-state index in [0.29, 0.717) is 28.2 Å². The maximum atomic E-state index is 10.3. The van der Waals surface area contributed by atoms with E-state index in [-0.39, 0.29) is 18.1 Å². The van der Waals surface area contributed by atoms with Crippen LogP contribution in [0.25, 0.3) is 0 Å². The van der Waals surface area contributed by atoms with Crippen LogP contribution in [0.1, 0.15) is 34.8 Å². The number of aromatic hydroxyl groups is 1. The second-order valence-corrected chi connectivity index (χ2v) is 6.60. The summed E-state index contributed by atoms with van der Waals surface area (Å²) >= 11 is 0. The van der Waals surface area contributed by atoms with Gasteiger partial charge in [-0.25, -0.2) is 0 Å². The van der Waals surface area contributed by atoms with Gasteiger partial charge in [0.1, 0.15) is 18.3 Å². The third kappa shape index (κ3) is 3.47.